The van der Waals surface area contributed by atoms with Gasteiger partial charge in [-0.15, -0.1) is 0 Å². The number of nitrogens with zero attached hydrogens (tertiary/aromatic N) is 1. The number of methoxy groups -OCH3 is 2. The van der Waals surface area contributed by atoms with Crippen LogP contribution in [0.1, 0.15) is 11.1 Å². The molecule has 0 atom stereocenters. The van der Waals surface area contributed by atoms with Crippen LogP contribution in [0.3, 0.4) is 0 Å². The fourth-order valence-corrected chi connectivity index (χ4v) is 5.27. The number of hydrogen-bond donors (Lipinski definition) is 5. The van der Waals surface area contributed by atoms with E-state index < -0.39 is 26.1 Å². The van der Waals surface area contributed by atoms with Gasteiger partial charge in [0, 0.05) is 50.8 Å². The second kappa shape index (κ2) is 14.9. The third kappa shape index (κ3) is 9.61. The second-order valence-corrected chi connectivity index (χ2v) is 12.3. The molecule has 42 heavy (non-hydrogen) atoms. The van der Waals surface area contributed by atoms with E-state index in [1.54, 1.807) is 38.5 Å². The predicted molar refractivity (Wildman–Crippen MR) is 160 cm³/mol. The van der Waals surface area contributed by atoms with Crippen molar-refractivity contribution in [2.75, 3.05) is 51.2 Å². The van der Waals surface area contributed by atoms with Gasteiger partial charge in [-0.25, -0.2) is 31.5 Å². The van der Waals surface area contributed by atoms with Crippen LogP contribution in [-0.4, -0.2) is 74.1 Å². The number of primary sulfonamides is 1. The van der Waals surface area contributed by atoms with E-state index in [0.717, 1.165) is 0 Å². The Bertz CT molecular complexity index is 1570. The monoisotopic (exact) mass is 618 g/mol. The topological polar surface area (TPSA) is 193 Å². The zero-order valence-corrected chi connectivity index (χ0v) is 24.8. The molecule has 2 amide bonds. The molecule has 226 valence electrons. The average molecular weight is 619 g/mol. The molecule has 6 N–H and O–H groups in total. The maximum atomic E-state index is 12.7. The summed E-state index contributed by atoms with van der Waals surface area (Å²) in [6, 6.07) is 17.4. The van der Waals surface area contributed by atoms with E-state index in [9.17, 15) is 21.6 Å². The van der Waals surface area contributed by atoms with E-state index in [4.69, 9.17) is 20.0 Å². The van der Waals surface area contributed by atoms with Gasteiger partial charge in [0.2, 0.25) is 20.0 Å². The smallest absolute Gasteiger partial charge is 0.323 e. The molecule has 0 fully saturated rings. The highest BCUT2D eigenvalue weighted by Gasteiger charge is 2.16. The maximum Gasteiger partial charge on any atom is 0.323 e. The number of nitrogens with two attached hydrogens (primary N) is 1. The lowest BCUT2D eigenvalue weighted by molar-refractivity contribution is 0.146. The van der Waals surface area contributed by atoms with Crippen molar-refractivity contribution in [3.05, 3.63) is 83.9 Å². The summed E-state index contributed by atoms with van der Waals surface area (Å²) >= 11 is 0. The molecule has 0 unspecified atom stereocenters. The molecular formula is C27H34N6O7S2. The molecule has 0 bridgehead atoms. The number of amidine groups is 1. The molecule has 0 aliphatic carbocycles. The number of benzene rings is 3. The van der Waals surface area contributed by atoms with E-state index in [-0.39, 0.29) is 22.2 Å². The minimum absolute atomic E-state index is 0.0210. The first kappa shape index (κ1) is 32.7. The van der Waals surface area contributed by atoms with Crippen LogP contribution < -0.4 is 20.5 Å². The normalized spacial score (nSPS) is 11.6. The fraction of sp³-hybridized carbons (Fsp3) is 0.259. The minimum Gasteiger partial charge on any atom is -0.383 e. The Morgan fingerprint density at radius 2 is 1.40 bits per heavy atom. The first-order valence-corrected chi connectivity index (χ1v) is 15.7. The van der Waals surface area contributed by atoms with Gasteiger partial charge in [0.25, 0.3) is 0 Å². The standard InChI is InChI=1S/C27H34N6O7S2/c1-39-16-14-33(15-17-40-2)26(28)21-4-3-5-23(18-21)32-27(34)31-22-8-12-25(13-9-22)42(37,38)30-19-20-6-10-24(11-7-20)41(29,35)36/h3-13,18,28,30H,14-17,19H2,1-2H3,(H2,29,35,36)(H2,31,32,34). The number of urea groups is 1. The molecule has 0 aliphatic rings. The molecule has 3 aromatic carbocycles. The Hall–Kier alpha value is -3.86. The van der Waals surface area contributed by atoms with Gasteiger partial charge < -0.3 is 25.0 Å². The highest BCUT2D eigenvalue weighted by molar-refractivity contribution is 7.89. The van der Waals surface area contributed by atoms with Gasteiger partial charge in [-0.3, -0.25) is 5.41 Å². The van der Waals surface area contributed by atoms with Crippen LogP contribution in [0.4, 0.5) is 16.2 Å². The van der Waals surface area contributed by atoms with Crippen molar-refractivity contribution in [3.63, 3.8) is 0 Å². The number of nitrogens with one attached hydrogen (secondary N) is 4. The first-order valence-electron chi connectivity index (χ1n) is 12.6. The summed E-state index contributed by atoms with van der Waals surface area (Å²) in [5.74, 6) is 0.263. The third-order valence-electron chi connectivity index (χ3n) is 5.98. The highest BCUT2D eigenvalue weighted by atomic mass is 32.2. The number of carbonyl (C=O) groups is 1. The largest absolute Gasteiger partial charge is 0.383 e. The molecule has 0 aliphatic heterocycles. The molecule has 0 radical (unpaired) electrons. The Balaban J connectivity index is 1.58. The van der Waals surface area contributed by atoms with Crippen molar-refractivity contribution in [3.8, 4) is 0 Å². The molecule has 15 heteroatoms. The van der Waals surface area contributed by atoms with Gasteiger partial charge in [-0.2, -0.15) is 0 Å². The van der Waals surface area contributed by atoms with Gasteiger partial charge in [0.1, 0.15) is 5.84 Å². The zero-order valence-electron chi connectivity index (χ0n) is 23.2. The molecule has 0 heterocycles. The number of anilines is 2. The summed E-state index contributed by atoms with van der Waals surface area (Å²) in [7, 11) is -4.54. The first-order chi connectivity index (χ1) is 19.9. The van der Waals surface area contributed by atoms with Crippen LogP contribution in [-0.2, 0) is 36.1 Å². The molecule has 13 nitrogen and oxygen atoms in total. The SMILES string of the molecule is COCCN(CCOC)C(=N)c1cccc(NC(=O)Nc2ccc(S(=O)(=O)NCc3ccc(S(N)(=O)=O)cc3)cc2)c1. The summed E-state index contributed by atoms with van der Waals surface area (Å²) in [4.78, 5) is 14.3. The minimum atomic E-state index is -3.88. The number of hydrogen-bond acceptors (Lipinski definition) is 8. The second-order valence-electron chi connectivity index (χ2n) is 9.02. The Morgan fingerprint density at radius 1 is 0.833 bits per heavy atom. The number of sulfonamides is 2. The van der Waals surface area contributed by atoms with E-state index in [1.807, 2.05) is 4.90 Å². The number of carbonyl (C=O) groups excluding carboxylic acids is 1. The van der Waals surface area contributed by atoms with Crippen LogP contribution in [0, 0.1) is 5.41 Å². The lowest BCUT2D eigenvalue weighted by Crippen LogP contribution is -2.36. The van der Waals surface area contributed by atoms with Crippen molar-refractivity contribution < 1.29 is 31.1 Å². The van der Waals surface area contributed by atoms with Crippen LogP contribution in [0.5, 0.6) is 0 Å². The Kier molecular flexibility index (Phi) is 11.6. The quantitative estimate of drug-likeness (QED) is 0.134. The number of rotatable bonds is 14. The van der Waals surface area contributed by atoms with E-state index in [0.29, 0.717) is 48.8 Å². The van der Waals surface area contributed by atoms with Gasteiger partial charge in [-0.1, -0.05) is 24.3 Å². The lowest BCUT2D eigenvalue weighted by atomic mass is 10.1. The highest BCUT2D eigenvalue weighted by Crippen LogP contribution is 2.17. The lowest BCUT2D eigenvalue weighted by Gasteiger charge is -2.25. The Morgan fingerprint density at radius 3 is 1.98 bits per heavy atom. The number of ether oxygens (including phenoxy) is 2. The molecule has 0 aromatic heterocycles. The molecule has 0 saturated carbocycles. The van der Waals surface area contributed by atoms with Gasteiger partial charge in [0.15, 0.2) is 0 Å². The van der Waals surface area contributed by atoms with Crippen molar-refractivity contribution in [2.24, 2.45) is 5.14 Å². The summed E-state index contributed by atoms with van der Waals surface area (Å²) in [6.07, 6.45) is 0. The van der Waals surface area contributed by atoms with Crippen LogP contribution in [0.2, 0.25) is 0 Å². The average Bonchev–Trinajstić information content (AvgIpc) is 2.96. The predicted octanol–water partition coefficient (Wildman–Crippen LogP) is 2.38. The van der Waals surface area contributed by atoms with E-state index in [2.05, 4.69) is 15.4 Å². The van der Waals surface area contributed by atoms with Crippen molar-refractivity contribution in [2.45, 2.75) is 16.3 Å². The van der Waals surface area contributed by atoms with Crippen LogP contribution >= 0.6 is 0 Å². The number of amides is 2. The maximum absolute atomic E-state index is 12.7. The fourth-order valence-electron chi connectivity index (χ4n) is 3.73. The van der Waals surface area contributed by atoms with Crippen LogP contribution in [0.25, 0.3) is 0 Å². The third-order valence-corrected chi connectivity index (χ3v) is 8.33. The summed E-state index contributed by atoms with van der Waals surface area (Å²) in [6.45, 7) is 1.83. The van der Waals surface area contributed by atoms with Gasteiger partial charge in [-0.05, 0) is 54.1 Å². The molecule has 3 aromatic rings. The van der Waals surface area contributed by atoms with Crippen molar-refractivity contribution >= 4 is 43.3 Å². The molecule has 0 spiro atoms. The summed E-state index contributed by atoms with van der Waals surface area (Å²) in [5.41, 5.74) is 1.97. The van der Waals surface area contributed by atoms with Gasteiger partial charge >= 0.3 is 6.03 Å². The van der Waals surface area contributed by atoms with Crippen molar-refractivity contribution in [1.29, 1.82) is 5.41 Å². The molecule has 3 rings (SSSR count). The van der Waals surface area contributed by atoms with E-state index in [1.165, 1.54) is 48.5 Å². The van der Waals surface area contributed by atoms with Crippen LogP contribution in [0.15, 0.2) is 82.6 Å². The summed E-state index contributed by atoms with van der Waals surface area (Å²) in [5, 5.41) is 19.0. The molecule has 0 saturated heterocycles. The summed E-state index contributed by atoms with van der Waals surface area (Å²) < 4.78 is 60.9. The van der Waals surface area contributed by atoms with Crippen molar-refractivity contribution in [1.82, 2.24) is 9.62 Å². The molecular weight excluding hydrogens is 584 g/mol. The Labute approximate surface area is 245 Å². The zero-order chi connectivity index (χ0) is 30.8. The van der Waals surface area contributed by atoms with E-state index >= 15 is 0 Å². The van der Waals surface area contributed by atoms with Gasteiger partial charge in [0.05, 0.1) is 23.0 Å².